The lowest BCUT2D eigenvalue weighted by Crippen LogP contribution is -2.17. The summed E-state index contributed by atoms with van der Waals surface area (Å²) in [6.07, 6.45) is 0. The van der Waals surface area contributed by atoms with E-state index in [1.165, 1.54) is 0 Å². The molecule has 2 aromatic rings. The van der Waals surface area contributed by atoms with E-state index in [4.69, 9.17) is 4.74 Å². The highest BCUT2D eigenvalue weighted by molar-refractivity contribution is 7.91. The van der Waals surface area contributed by atoms with E-state index in [0.29, 0.717) is 16.8 Å². The maximum Gasteiger partial charge on any atom is 0.338 e. The Labute approximate surface area is 142 Å². The summed E-state index contributed by atoms with van der Waals surface area (Å²) in [7, 11) is -3.59. The Morgan fingerprint density at radius 3 is 2.46 bits per heavy atom. The molecule has 0 amide bonds. The van der Waals surface area contributed by atoms with Crippen LogP contribution in [-0.2, 0) is 20.5 Å². The first-order valence-corrected chi connectivity index (χ1v) is 9.31. The molecular weight excluding hydrogens is 326 g/mol. The summed E-state index contributed by atoms with van der Waals surface area (Å²) in [4.78, 5) is 11.9. The Kier molecular flexibility index (Phi) is 5.62. The zero-order chi connectivity index (χ0) is 17.7. The molecule has 0 aliphatic heterocycles. The highest BCUT2D eigenvalue weighted by Crippen LogP contribution is 2.22. The average Bonchev–Trinajstić information content (AvgIpc) is 2.51. The van der Waals surface area contributed by atoms with E-state index in [1.807, 2.05) is 25.1 Å². The van der Waals surface area contributed by atoms with E-state index in [1.54, 1.807) is 38.1 Å². The largest absolute Gasteiger partial charge is 0.462 e. The van der Waals surface area contributed by atoms with Gasteiger partial charge in [-0.05, 0) is 49.6 Å². The number of hydrogen-bond acceptors (Lipinski definition) is 4. The van der Waals surface area contributed by atoms with Crippen LogP contribution in [0.1, 0.15) is 34.0 Å². The Balaban J connectivity index is 2.25. The van der Waals surface area contributed by atoms with Crippen LogP contribution >= 0.6 is 0 Å². The monoisotopic (exact) mass is 347 g/mol. The number of rotatable bonds is 6. The van der Waals surface area contributed by atoms with E-state index in [0.717, 1.165) is 11.1 Å². The molecule has 5 nitrogen and oxygen atoms in total. The minimum absolute atomic E-state index is 0.122. The molecule has 0 fully saturated rings. The third-order valence-electron chi connectivity index (χ3n) is 3.70. The number of carbonyl (C=O) groups is 1. The van der Waals surface area contributed by atoms with E-state index in [2.05, 4.69) is 4.72 Å². The van der Waals surface area contributed by atoms with Gasteiger partial charge in [-0.2, -0.15) is 0 Å². The molecule has 2 rings (SSSR count). The highest BCUT2D eigenvalue weighted by Gasteiger charge is 2.17. The molecule has 2 aromatic carbocycles. The molecule has 0 aliphatic carbocycles. The van der Waals surface area contributed by atoms with Crippen molar-refractivity contribution in [3.05, 3.63) is 64.7 Å². The number of benzene rings is 2. The van der Waals surface area contributed by atoms with Gasteiger partial charge in [0.05, 0.1) is 23.6 Å². The van der Waals surface area contributed by atoms with Gasteiger partial charge in [0.1, 0.15) is 0 Å². The summed E-state index contributed by atoms with van der Waals surface area (Å²) >= 11 is 0. The topological polar surface area (TPSA) is 72.5 Å². The number of anilines is 1. The Hall–Kier alpha value is -2.34. The summed E-state index contributed by atoms with van der Waals surface area (Å²) in [6, 6.07) is 12.2. The first-order valence-electron chi connectivity index (χ1n) is 7.66. The van der Waals surface area contributed by atoms with Crippen molar-refractivity contribution < 1.29 is 17.9 Å². The van der Waals surface area contributed by atoms with Crippen LogP contribution in [0.4, 0.5) is 5.69 Å². The van der Waals surface area contributed by atoms with Crippen molar-refractivity contribution in [1.29, 1.82) is 0 Å². The third-order valence-corrected chi connectivity index (χ3v) is 4.92. The van der Waals surface area contributed by atoms with Gasteiger partial charge in [-0.25, -0.2) is 13.2 Å². The van der Waals surface area contributed by atoms with Crippen molar-refractivity contribution in [3.63, 3.8) is 0 Å². The number of aryl methyl sites for hydroxylation is 1. The van der Waals surface area contributed by atoms with E-state index in [9.17, 15) is 13.2 Å². The minimum Gasteiger partial charge on any atom is -0.462 e. The summed E-state index contributed by atoms with van der Waals surface area (Å²) in [6.45, 7) is 5.55. The van der Waals surface area contributed by atoms with Crippen molar-refractivity contribution in [3.8, 4) is 0 Å². The molecule has 0 unspecified atom stereocenters. The first-order chi connectivity index (χ1) is 11.3. The van der Waals surface area contributed by atoms with Crippen LogP contribution in [0.25, 0.3) is 0 Å². The lowest BCUT2D eigenvalue weighted by atomic mass is 10.1. The van der Waals surface area contributed by atoms with E-state index < -0.39 is 16.0 Å². The quantitative estimate of drug-likeness (QED) is 0.813. The number of nitrogens with one attached hydrogen (secondary N) is 1. The zero-order valence-corrected chi connectivity index (χ0v) is 14.8. The molecule has 0 bridgehead atoms. The second-order valence-electron chi connectivity index (χ2n) is 5.49. The second kappa shape index (κ2) is 7.49. The lowest BCUT2D eigenvalue weighted by molar-refractivity contribution is 0.0525. The smallest absolute Gasteiger partial charge is 0.338 e. The van der Waals surface area contributed by atoms with Crippen molar-refractivity contribution >= 4 is 21.7 Å². The number of carbonyl (C=O) groups excluding carboxylic acids is 1. The van der Waals surface area contributed by atoms with Crippen molar-refractivity contribution in [1.82, 2.24) is 0 Å². The molecule has 0 aliphatic rings. The minimum atomic E-state index is -3.59. The number of hydrogen-bond donors (Lipinski definition) is 1. The van der Waals surface area contributed by atoms with Crippen LogP contribution in [0.15, 0.2) is 42.5 Å². The molecule has 0 saturated carbocycles. The van der Waals surface area contributed by atoms with Gasteiger partial charge in [0, 0.05) is 0 Å². The number of sulfonamides is 1. The third kappa shape index (κ3) is 4.35. The maximum absolute atomic E-state index is 12.5. The van der Waals surface area contributed by atoms with Crippen LogP contribution in [-0.4, -0.2) is 21.0 Å². The molecule has 0 saturated heterocycles. The van der Waals surface area contributed by atoms with Crippen molar-refractivity contribution in [2.75, 3.05) is 11.3 Å². The van der Waals surface area contributed by atoms with E-state index >= 15 is 0 Å². The molecule has 0 radical (unpaired) electrons. The highest BCUT2D eigenvalue weighted by atomic mass is 32.2. The Morgan fingerprint density at radius 1 is 1.08 bits per heavy atom. The normalized spacial score (nSPS) is 11.1. The molecule has 0 atom stereocenters. The SMILES string of the molecule is CCOC(=O)c1cccc(NS(=O)(=O)Cc2ccccc2C)c1C. The maximum atomic E-state index is 12.5. The average molecular weight is 347 g/mol. The van der Waals surface area contributed by atoms with Gasteiger partial charge in [-0.1, -0.05) is 30.3 Å². The summed E-state index contributed by atoms with van der Waals surface area (Å²) in [5.74, 6) is -0.585. The fourth-order valence-corrected chi connectivity index (χ4v) is 3.72. The summed E-state index contributed by atoms with van der Waals surface area (Å²) in [5, 5.41) is 0. The number of ether oxygens (including phenoxy) is 1. The van der Waals surface area contributed by atoms with Gasteiger partial charge >= 0.3 is 5.97 Å². The molecular formula is C18H21NO4S. The van der Waals surface area contributed by atoms with Gasteiger partial charge in [0.25, 0.3) is 0 Å². The van der Waals surface area contributed by atoms with Crippen molar-refractivity contribution in [2.24, 2.45) is 0 Å². The molecule has 1 N–H and O–H groups in total. The number of esters is 1. The molecule has 0 spiro atoms. The van der Waals surface area contributed by atoms with Gasteiger partial charge in [0.15, 0.2) is 0 Å². The second-order valence-corrected chi connectivity index (χ2v) is 7.21. The van der Waals surface area contributed by atoms with Crippen LogP contribution in [0, 0.1) is 13.8 Å². The van der Waals surface area contributed by atoms with Crippen LogP contribution in [0.5, 0.6) is 0 Å². The molecule has 24 heavy (non-hydrogen) atoms. The lowest BCUT2D eigenvalue weighted by Gasteiger charge is -2.14. The van der Waals surface area contributed by atoms with Crippen LogP contribution in [0.2, 0.25) is 0 Å². The van der Waals surface area contributed by atoms with E-state index in [-0.39, 0.29) is 12.4 Å². The standard InChI is InChI=1S/C18H21NO4S/c1-4-23-18(20)16-10-7-11-17(14(16)3)19-24(21,22)12-15-9-6-5-8-13(15)2/h5-11,19H,4,12H2,1-3H3. The van der Waals surface area contributed by atoms with Crippen LogP contribution < -0.4 is 4.72 Å². The molecule has 6 heteroatoms. The van der Waals surface area contributed by atoms with Gasteiger partial charge in [0.2, 0.25) is 10.0 Å². The van der Waals surface area contributed by atoms with Gasteiger partial charge < -0.3 is 4.74 Å². The molecule has 0 aromatic heterocycles. The summed E-state index contributed by atoms with van der Waals surface area (Å²) < 4.78 is 32.5. The molecule has 128 valence electrons. The fraction of sp³-hybridized carbons (Fsp3) is 0.278. The Bertz CT molecular complexity index is 844. The van der Waals surface area contributed by atoms with Gasteiger partial charge in [-0.3, -0.25) is 4.72 Å². The predicted molar refractivity (Wildman–Crippen MR) is 94.6 cm³/mol. The first kappa shape index (κ1) is 18.0. The zero-order valence-electron chi connectivity index (χ0n) is 14.0. The van der Waals surface area contributed by atoms with Gasteiger partial charge in [-0.15, -0.1) is 0 Å². The van der Waals surface area contributed by atoms with Crippen molar-refractivity contribution in [2.45, 2.75) is 26.5 Å². The molecule has 0 heterocycles. The van der Waals surface area contributed by atoms with Crippen LogP contribution in [0.3, 0.4) is 0 Å². The summed E-state index contributed by atoms with van der Waals surface area (Å²) in [5.41, 5.74) is 2.94. The predicted octanol–water partition coefficient (Wildman–Crippen LogP) is 3.42. The fourth-order valence-electron chi connectivity index (χ4n) is 2.36. The Morgan fingerprint density at radius 2 is 1.79 bits per heavy atom.